The van der Waals surface area contributed by atoms with Crippen LogP contribution < -0.4 is 14.8 Å². The van der Waals surface area contributed by atoms with Crippen LogP contribution in [-0.2, 0) is 4.79 Å². The number of methoxy groups -OCH3 is 1. The highest BCUT2D eigenvalue weighted by molar-refractivity contribution is 5.95. The zero-order valence-corrected chi connectivity index (χ0v) is 13.4. The first-order chi connectivity index (χ1) is 11.5. The molecule has 0 saturated carbocycles. The highest BCUT2D eigenvalue weighted by Crippen LogP contribution is 2.29. The number of anilines is 1. The molecule has 0 heterocycles. The Balaban J connectivity index is 2.13. The number of benzene rings is 2. The Hall–Kier alpha value is -3.09. The third-order valence-electron chi connectivity index (χ3n) is 3.34. The number of para-hydroxylation sites is 1. The standard InChI is InChI=1S/C17H18N2O5/c1-3-15(24-13-7-5-4-6-8-13)17(20)18-14-10-9-12(19(21)22)11-16(14)23-2/h4-11,15H,3H2,1-2H3,(H,18,20)/t15-/m0/s1. The van der Waals surface area contributed by atoms with Crippen molar-refractivity contribution in [3.05, 3.63) is 58.6 Å². The van der Waals surface area contributed by atoms with Crippen LogP contribution in [-0.4, -0.2) is 24.0 Å². The number of nitro groups is 1. The minimum Gasteiger partial charge on any atom is -0.494 e. The summed E-state index contributed by atoms with van der Waals surface area (Å²) in [4.78, 5) is 22.7. The van der Waals surface area contributed by atoms with Crippen LogP contribution in [0.3, 0.4) is 0 Å². The number of rotatable bonds is 7. The Labute approximate surface area is 139 Å². The molecule has 0 radical (unpaired) electrons. The van der Waals surface area contributed by atoms with Crippen molar-refractivity contribution in [3.63, 3.8) is 0 Å². The van der Waals surface area contributed by atoms with E-state index < -0.39 is 11.0 Å². The molecule has 7 heteroatoms. The summed E-state index contributed by atoms with van der Waals surface area (Å²) in [5.41, 5.74) is 0.237. The van der Waals surface area contributed by atoms with Crippen molar-refractivity contribution in [1.82, 2.24) is 0 Å². The van der Waals surface area contributed by atoms with Gasteiger partial charge >= 0.3 is 0 Å². The molecule has 2 aromatic rings. The van der Waals surface area contributed by atoms with Crippen LogP contribution in [0.2, 0.25) is 0 Å². The lowest BCUT2D eigenvalue weighted by Gasteiger charge is -2.18. The molecule has 2 aromatic carbocycles. The molecule has 7 nitrogen and oxygen atoms in total. The number of nitro benzene ring substituents is 1. The third-order valence-corrected chi connectivity index (χ3v) is 3.34. The van der Waals surface area contributed by atoms with E-state index in [0.29, 0.717) is 17.9 Å². The molecule has 0 aliphatic heterocycles. The van der Waals surface area contributed by atoms with Crippen molar-refractivity contribution >= 4 is 17.3 Å². The van der Waals surface area contributed by atoms with Gasteiger partial charge in [-0.15, -0.1) is 0 Å². The summed E-state index contributed by atoms with van der Waals surface area (Å²) >= 11 is 0. The fourth-order valence-electron chi connectivity index (χ4n) is 2.10. The molecule has 0 unspecified atom stereocenters. The maximum atomic E-state index is 12.4. The van der Waals surface area contributed by atoms with Gasteiger partial charge in [-0.05, 0) is 24.6 Å². The van der Waals surface area contributed by atoms with E-state index in [1.54, 1.807) is 12.1 Å². The Morgan fingerprint density at radius 2 is 1.96 bits per heavy atom. The van der Waals surface area contributed by atoms with Gasteiger partial charge in [0.05, 0.1) is 23.8 Å². The van der Waals surface area contributed by atoms with Crippen LogP contribution in [0.25, 0.3) is 0 Å². The van der Waals surface area contributed by atoms with E-state index in [1.165, 1.54) is 25.3 Å². The van der Waals surface area contributed by atoms with E-state index in [1.807, 2.05) is 25.1 Å². The molecule has 2 rings (SSSR count). The topological polar surface area (TPSA) is 90.7 Å². The van der Waals surface area contributed by atoms with Crippen LogP contribution in [0, 0.1) is 10.1 Å². The van der Waals surface area contributed by atoms with Gasteiger partial charge in [-0.25, -0.2) is 0 Å². The van der Waals surface area contributed by atoms with Gasteiger partial charge in [0.15, 0.2) is 6.10 Å². The monoisotopic (exact) mass is 330 g/mol. The zero-order valence-electron chi connectivity index (χ0n) is 13.4. The van der Waals surface area contributed by atoms with Gasteiger partial charge < -0.3 is 14.8 Å². The van der Waals surface area contributed by atoms with Gasteiger partial charge in [0.25, 0.3) is 11.6 Å². The SMILES string of the molecule is CC[C@H](Oc1ccccc1)C(=O)Nc1ccc([N+](=O)[O-])cc1OC. The second-order valence-electron chi connectivity index (χ2n) is 4.96. The summed E-state index contributed by atoms with van der Waals surface area (Å²) in [7, 11) is 1.38. The number of hydrogen-bond acceptors (Lipinski definition) is 5. The molecule has 0 fully saturated rings. The molecule has 0 bridgehead atoms. The molecule has 1 amide bonds. The van der Waals surface area contributed by atoms with Crippen LogP contribution in [0.4, 0.5) is 11.4 Å². The highest BCUT2D eigenvalue weighted by Gasteiger charge is 2.21. The highest BCUT2D eigenvalue weighted by atomic mass is 16.6. The number of nitrogens with one attached hydrogen (secondary N) is 1. The molecule has 0 aromatic heterocycles. The van der Waals surface area contributed by atoms with E-state index in [-0.39, 0.29) is 17.3 Å². The zero-order chi connectivity index (χ0) is 17.5. The maximum absolute atomic E-state index is 12.4. The van der Waals surface area contributed by atoms with Crippen LogP contribution in [0.1, 0.15) is 13.3 Å². The van der Waals surface area contributed by atoms with Crippen molar-refractivity contribution in [2.24, 2.45) is 0 Å². The van der Waals surface area contributed by atoms with Gasteiger partial charge in [0, 0.05) is 6.07 Å². The lowest BCUT2D eigenvalue weighted by atomic mass is 10.2. The van der Waals surface area contributed by atoms with Crippen molar-refractivity contribution in [2.45, 2.75) is 19.4 Å². The van der Waals surface area contributed by atoms with Gasteiger partial charge in [-0.3, -0.25) is 14.9 Å². The lowest BCUT2D eigenvalue weighted by molar-refractivity contribution is -0.384. The summed E-state index contributed by atoms with van der Waals surface area (Å²) in [5, 5.41) is 13.5. The summed E-state index contributed by atoms with van der Waals surface area (Å²) in [6, 6.07) is 13.0. The van der Waals surface area contributed by atoms with E-state index in [4.69, 9.17) is 9.47 Å². The Morgan fingerprint density at radius 1 is 1.25 bits per heavy atom. The molecular formula is C17H18N2O5. The quantitative estimate of drug-likeness (QED) is 0.620. The molecule has 0 saturated heterocycles. The van der Waals surface area contributed by atoms with Crippen LogP contribution in [0.5, 0.6) is 11.5 Å². The number of nitrogens with zero attached hydrogens (tertiary/aromatic N) is 1. The molecule has 24 heavy (non-hydrogen) atoms. The van der Waals surface area contributed by atoms with Crippen molar-refractivity contribution in [3.8, 4) is 11.5 Å². The van der Waals surface area contributed by atoms with Crippen molar-refractivity contribution in [2.75, 3.05) is 12.4 Å². The maximum Gasteiger partial charge on any atom is 0.273 e. The first-order valence-electron chi connectivity index (χ1n) is 7.40. The smallest absolute Gasteiger partial charge is 0.273 e. The number of hydrogen-bond donors (Lipinski definition) is 1. The molecule has 126 valence electrons. The van der Waals surface area contributed by atoms with Gasteiger partial charge in [0.1, 0.15) is 11.5 Å². The predicted molar refractivity (Wildman–Crippen MR) is 89.4 cm³/mol. The fourth-order valence-corrected chi connectivity index (χ4v) is 2.10. The first-order valence-corrected chi connectivity index (χ1v) is 7.40. The fraction of sp³-hybridized carbons (Fsp3) is 0.235. The number of ether oxygens (including phenoxy) is 2. The van der Waals surface area contributed by atoms with E-state index in [9.17, 15) is 14.9 Å². The van der Waals surface area contributed by atoms with E-state index in [0.717, 1.165) is 0 Å². The van der Waals surface area contributed by atoms with Gasteiger partial charge in [-0.1, -0.05) is 25.1 Å². The Morgan fingerprint density at radius 3 is 2.54 bits per heavy atom. The normalized spacial score (nSPS) is 11.4. The third kappa shape index (κ3) is 4.22. The Kier molecular flexibility index (Phi) is 5.73. The molecular weight excluding hydrogens is 312 g/mol. The molecule has 0 spiro atoms. The molecule has 0 aliphatic rings. The van der Waals surface area contributed by atoms with Gasteiger partial charge in [0.2, 0.25) is 0 Å². The number of non-ortho nitro benzene ring substituents is 1. The average molecular weight is 330 g/mol. The first kappa shape index (κ1) is 17.3. The molecule has 1 N–H and O–H groups in total. The van der Waals surface area contributed by atoms with Crippen LogP contribution in [0.15, 0.2) is 48.5 Å². The largest absolute Gasteiger partial charge is 0.494 e. The average Bonchev–Trinajstić information content (AvgIpc) is 2.60. The second-order valence-corrected chi connectivity index (χ2v) is 4.96. The Bertz CT molecular complexity index is 718. The molecule has 0 aliphatic carbocycles. The minimum atomic E-state index is -0.688. The number of carbonyl (C=O) groups is 1. The van der Waals surface area contributed by atoms with Crippen LogP contribution >= 0.6 is 0 Å². The predicted octanol–water partition coefficient (Wildman–Crippen LogP) is 3.40. The second kappa shape index (κ2) is 7.96. The van der Waals surface area contributed by atoms with Gasteiger partial charge in [-0.2, -0.15) is 0 Å². The molecule has 1 atom stereocenters. The lowest BCUT2D eigenvalue weighted by Crippen LogP contribution is -2.32. The number of carbonyl (C=O) groups excluding carboxylic acids is 1. The van der Waals surface area contributed by atoms with Crippen molar-refractivity contribution < 1.29 is 19.2 Å². The summed E-state index contributed by atoms with van der Waals surface area (Å²) in [5.74, 6) is 0.454. The summed E-state index contributed by atoms with van der Waals surface area (Å²) in [6.07, 6.45) is -0.219. The van der Waals surface area contributed by atoms with E-state index >= 15 is 0 Å². The van der Waals surface area contributed by atoms with E-state index in [2.05, 4.69) is 5.32 Å². The summed E-state index contributed by atoms with van der Waals surface area (Å²) < 4.78 is 10.8. The van der Waals surface area contributed by atoms with Crippen molar-refractivity contribution in [1.29, 1.82) is 0 Å². The summed E-state index contributed by atoms with van der Waals surface area (Å²) in [6.45, 7) is 1.83. The minimum absolute atomic E-state index is 0.113. The number of amides is 1.